The number of aromatic amines is 1. The number of carboxylic acids is 1. The van der Waals surface area contributed by atoms with Gasteiger partial charge in [0.1, 0.15) is 17.6 Å². The van der Waals surface area contributed by atoms with E-state index in [1.807, 2.05) is 11.0 Å². The first-order chi connectivity index (χ1) is 12.6. The largest absolute Gasteiger partial charge is 0.480 e. The molecule has 0 saturated carbocycles. The van der Waals surface area contributed by atoms with Crippen molar-refractivity contribution in [3.63, 3.8) is 0 Å². The van der Waals surface area contributed by atoms with Crippen molar-refractivity contribution in [2.75, 3.05) is 13.1 Å². The van der Waals surface area contributed by atoms with Gasteiger partial charge in [0.05, 0.1) is 0 Å². The van der Waals surface area contributed by atoms with Gasteiger partial charge in [-0.3, -0.25) is 14.3 Å². The van der Waals surface area contributed by atoms with Gasteiger partial charge in [-0.1, -0.05) is 0 Å². The van der Waals surface area contributed by atoms with Crippen molar-refractivity contribution in [1.29, 1.82) is 0 Å². The quantitative estimate of drug-likeness (QED) is 0.728. The lowest BCUT2D eigenvalue weighted by molar-refractivity contribution is -0.137. The summed E-state index contributed by atoms with van der Waals surface area (Å²) < 4.78 is 1.50. The molecule has 4 rings (SSSR count). The first-order valence-electron chi connectivity index (χ1n) is 8.45. The second-order valence-corrected chi connectivity index (χ2v) is 6.42. The van der Waals surface area contributed by atoms with Gasteiger partial charge < -0.3 is 10.0 Å². The number of hydrogen-bond acceptors (Lipinski definition) is 5. The monoisotopic (exact) mass is 354 g/mol. The molecule has 0 aliphatic carbocycles. The van der Waals surface area contributed by atoms with Crippen molar-refractivity contribution in [3.05, 3.63) is 41.7 Å². The molecule has 1 saturated heterocycles. The maximum atomic E-state index is 12.9. The molecule has 1 aliphatic rings. The Bertz CT molecular complexity index is 962. The molecule has 9 nitrogen and oxygen atoms in total. The third-order valence-corrected chi connectivity index (χ3v) is 4.72. The molecular formula is C17H18N6O3. The van der Waals surface area contributed by atoms with E-state index in [-0.39, 0.29) is 18.4 Å². The topological polar surface area (TPSA) is 117 Å². The standard InChI is InChI=1S/C17H18N6O3/c24-16(25)10-23-15(5-6-18-23)12-2-1-7-22(9-12)17(26)11-3-4-13-14(8-11)20-21-19-13/h3-6,8,12H,1-2,7,9-10H2,(H,24,25)(H,19,20,21)/t12-/m0/s1. The number of aliphatic carboxylic acids is 1. The maximum absolute atomic E-state index is 12.9. The summed E-state index contributed by atoms with van der Waals surface area (Å²) in [6.45, 7) is 1.05. The average Bonchev–Trinajstić information content (AvgIpc) is 3.29. The van der Waals surface area contributed by atoms with E-state index in [0.717, 1.165) is 24.1 Å². The third kappa shape index (κ3) is 3.03. The van der Waals surface area contributed by atoms with Crippen LogP contribution in [0.15, 0.2) is 30.5 Å². The number of amides is 1. The first kappa shape index (κ1) is 16.2. The Kier molecular flexibility index (Phi) is 4.11. The molecule has 3 heterocycles. The van der Waals surface area contributed by atoms with Gasteiger partial charge in [-0.2, -0.15) is 20.5 Å². The summed E-state index contributed by atoms with van der Waals surface area (Å²) >= 11 is 0. The van der Waals surface area contributed by atoms with Crippen molar-refractivity contribution >= 4 is 22.9 Å². The summed E-state index contributed by atoms with van der Waals surface area (Å²) in [6, 6.07) is 7.10. The van der Waals surface area contributed by atoms with Gasteiger partial charge in [-0.15, -0.1) is 0 Å². The van der Waals surface area contributed by atoms with E-state index in [1.54, 1.807) is 24.4 Å². The van der Waals surface area contributed by atoms with Crippen LogP contribution >= 0.6 is 0 Å². The number of piperidine rings is 1. The van der Waals surface area contributed by atoms with E-state index in [0.29, 0.717) is 24.2 Å². The number of likely N-dealkylation sites (tertiary alicyclic amines) is 1. The lowest BCUT2D eigenvalue weighted by Gasteiger charge is -2.33. The van der Waals surface area contributed by atoms with Crippen molar-refractivity contribution in [2.24, 2.45) is 0 Å². The number of rotatable bonds is 4. The van der Waals surface area contributed by atoms with E-state index in [9.17, 15) is 9.59 Å². The number of nitrogens with zero attached hydrogens (tertiary/aromatic N) is 5. The molecule has 26 heavy (non-hydrogen) atoms. The van der Waals surface area contributed by atoms with Crippen LogP contribution in [0.4, 0.5) is 0 Å². The van der Waals surface area contributed by atoms with Crippen LogP contribution in [0.5, 0.6) is 0 Å². The summed E-state index contributed by atoms with van der Waals surface area (Å²) in [5.41, 5.74) is 2.81. The average molecular weight is 354 g/mol. The highest BCUT2D eigenvalue weighted by molar-refractivity contribution is 5.97. The van der Waals surface area contributed by atoms with Crippen LogP contribution in [0.1, 0.15) is 34.8 Å². The number of aromatic nitrogens is 5. The highest BCUT2D eigenvalue weighted by atomic mass is 16.4. The number of fused-ring (bicyclic) bond motifs is 1. The zero-order valence-electron chi connectivity index (χ0n) is 14.0. The molecule has 1 fully saturated rings. The summed E-state index contributed by atoms with van der Waals surface area (Å²) in [4.78, 5) is 25.7. The van der Waals surface area contributed by atoms with Crippen LogP contribution in [0.3, 0.4) is 0 Å². The minimum absolute atomic E-state index is 0.0519. The highest BCUT2D eigenvalue weighted by Crippen LogP contribution is 2.28. The Morgan fingerprint density at radius 2 is 2.08 bits per heavy atom. The zero-order valence-corrected chi connectivity index (χ0v) is 14.0. The molecule has 2 N–H and O–H groups in total. The SMILES string of the molecule is O=C(O)Cn1nccc1[C@H]1CCCN(C(=O)c2ccc3n[nH]nc3c2)C1. The van der Waals surface area contributed by atoms with Crippen molar-refractivity contribution in [2.45, 2.75) is 25.3 Å². The van der Waals surface area contributed by atoms with E-state index >= 15 is 0 Å². The molecule has 9 heteroatoms. The van der Waals surface area contributed by atoms with Gasteiger partial charge in [0, 0.05) is 36.5 Å². The number of carboxylic acid groups (broad SMARTS) is 1. The van der Waals surface area contributed by atoms with Gasteiger partial charge >= 0.3 is 5.97 Å². The Labute approximate surface area is 148 Å². The predicted octanol–water partition coefficient (Wildman–Crippen LogP) is 1.26. The zero-order chi connectivity index (χ0) is 18.1. The van der Waals surface area contributed by atoms with Crippen molar-refractivity contribution < 1.29 is 14.7 Å². The van der Waals surface area contributed by atoms with Crippen molar-refractivity contribution in [3.8, 4) is 0 Å². The fourth-order valence-electron chi connectivity index (χ4n) is 3.51. The van der Waals surface area contributed by atoms with Crippen LogP contribution in [-0.2, 0) is 11.3 Å². The minimum Gasteiger partial charge on any atom is -0.480 e. The summed E-state index contributed by atoms with van der Waals surface area (Å²) in [7, 11) is 0. The maximum Gasteiger partial charge on any atom is 0.325 e. The summed E-state index contributed by atoms with van der Waals surface area (Å²) in [5.74, 6) is -0.908. The van der Waals surface area contributed by atoms with E-state index in [1.165, 1.54) is 4.68 Å². The molecule has 0 unspecified atom stereocenters. The van der Waals surface area contributed by atoms with E-state index in [2.05, 4.69) is 20.5 Å². The molecule has 2 aromatic heterocycles. The van der Waals surface area contributed by atoms with Crippen LogP contribution in [0.2, 0.25) is 0 Å². The molecule has 134 valence electrons. The normalized spacial score (nSPS) is 17.5. The number of benzene rings is 1. The minimum atomic E-state index is -0.931. The van der Waals surface area contributed by atoms with E-state index in [4.69, 9.17) is 5.11 Å². The number of carbonyl (C=O) groups excluding carboxylic acids is 1. The fraction of sp³-hybridized carbons (Fsp3) is 0.353. The van der Waals surface area contributed by atoms with Crippen molar-refractivity contribution in [1.82, 2.24) is 30.1 Å². The van der Waals surface area contributed by atoms with Crippen LogP contribution in [0.25, 0.3) is 11.0 Å². The second-order valence-electron chi connectivity index (χ2n) is 6.42. The Morgan fingerprint density at radius 3 is 2.92 bits per heavy atom. The van der Waals surface area contributed by atoms with Crippen LogP contribution in [0, 0.1) is 0 Å². The third-order valence-electron chi connectivity index (χ3n) is 4.72. The lowest BCUT2D eigenvalue weighted by atomic mass is 9.94. The van der Waals surface area contributed by atoms with Gasteiger partial charge in [0.25, 0.3) is 5.91 Å². The molecular weight excluding hydrogens is 336 g/mol. The molecule has 3 aromatic rings. The molecule has 1 amide bonds. The van der Waals surface area contributed by atoms with Crippen LogP contribution < -0.4 is 0 Å². The number of H-pyrrole nitrogens is 1. The Morgan fingerprint density at radius 1 is 1.23 bits per heavy atom. The number of carbonyl (C=O) groups is 2. The predicted molar refractivity (Wildman–Crippen MR) is 91.6 cm³/mol. The Hall–Kier alpha value is -3.23. The smallest absolute Gasteiger partial charge is 0.325 e. The molecule has 1 aliphatic heterocycles. The molecule has 1 atom stereocenters. The first-order valence-corrected chi connectivity index (χ1v) is 8.45. The highest BCUT2D eigenvalue weighted by Gasteiger charge is 2.28. The van der Waals surface area contributed by atoms with Gasteiger partial charge in [-0.25, -0.2) is 0 Å². The van der Waals surface area contributed by atoms with Gasteiger partial charge in [0.15, 0.2) is 0 Å². The lowest BCUT2D eigenvalue weighted by Crippen LogP contribution is -2.39. The molecule has 1 aromatic carbocycles. The van der Waals surface area contributed by atoms with E-state index < -0.39 is 5.97 Å². The Balaban J connectivity index is 1.53. The number of nitrogens with one attached hydrogen (secondary N) is 1. The van der Waals surface area contributed by atoms with Gasteiger partial charge in [-0.05, 0) is 37.1 Å². The summed E-state index contributed by atoms with van der Waals surface area (Å²) in [5, 5.41) is 23.7. The summed E-state index contributed by atoms with van der Waals surface area (Å²) in [6.07, 6.45) is 3.37. The molecule has 0 spiro atoms. The molecule has 0 bridgehead atoms. The van der Waals surface area contributed by atoms with Crippen LogP contribution in [-0.4, -0.2) is 60.2 Å². The number of hydrogen-bond donors (Lipinski definition) is 2. The fourth-order valence-corrected chi connectivity index (χ4v) is 3.51. The van der Waals surface area contributed by atoms with Gasteiger partial charge in [0.2, 0.25) is 0 Å². The second kappa shape index (κ2) is 6.58. The molecule has 0 radical (unpaired) electrons.